The second-order valence-electron chi connectivity index (χ2n) is 6.11. The van der Waals surface area contributed by atoms with E-state index >= 15 is 0 Å². The number of hydrogen-bond donors (Lipinski definition) is 1. The van der Waals surface area contributed by atoms with Crippen molar-refractivity contribution in [1.82, 2.24) is 10.2 Å². The Labute approximate surface area is 101 Å². The molecule has 1 saturated carbocycles. The Bertz CT molecular complexity index is 203. The summed E-state index contributed by atoms with van der Waals surface area (Å²) in [6.45, 7) is 9.69. The van der Waals surface area contributed by atoms with Crippen LogP contribution < -0.4 is 5.32 Å². The highest BCUT2D eigenvalue weighted by Gasteiger charge is 2.36. The molecule has 1 heterocycles. The van der Waals surface area contributed by atoms with Gasteiger partial charge >= 0.3 is 0 Å². The van der Waals surface area contributed by atoms with E-state index in [1.165, 1.54) is 58.3 Å². The molecule has 0 spiro atoms. The Morgan fingerprint density at radius 2 is 2.12 bits per heavy atom. The number of nitrogens with one attached hydrogen (secondary N) is 1. The van der Waals surface area contributed by atoms with Gasteiger partial charge in [-0.05, 0) is 50.5 Å². The Hall–Kier alpha value is -0.0800. The summed E-state index contributed by atoms with van der Waals surface area (Å²) < 4.78 is 0. The van der Waals surface area contributed by atoms with Gasteiger partial charge < -0.3 is 5.32 Å². The number of likely N-dealkylation sites (tertiary alicyclic amines) is 1. The maximum atomic E-state index is 3.59. The molecule has 1 saturated heterocycles. The molecule has 2 unspecified atom stereocenters. The van der Waals surface area contributed by atoms with Crippen LogP contribution in [0.1, 0.15) is 46.0 Å². The Morgan fingerprint density at radius 3 is 2.75 bits per heavy atom. The lowest BCUT2D eigenvalue weighted by atomic mass is 10.1. The van der Waals surface area contributed by atoms with Crippen LogP contribution in [0.5, 0.6) is 0 Å². The summed E-state index contributed by atoms with van der Waals surface area (Å²) in [5, 5.41) is 3.59. The summed E-state index contributed by atoms with van der Waals surface area (Å²) in [5.74, 6) is 1.90. The molecule has 94 valence electrons. The van der Waals surface area contributed by atoms with Crippen molar-refractivity contribution in [3.8, 4) is 0 Å². The van der Waals surface area contributed by atoms with Crippen molar-refractivity contribution in [2.45, 2.75) is 52.0 Å². The average Bonchev–Trinajstić information content (AvgIpc) is 2.84. The van der Waals surface area contributed by atoms with E-state index in [1.54, 1.807) is 0 Å². The minimum Gasteiger partial charge on any atom is -0.315 e. The van der Waals surface area contributed by atoms with E-state index < -0.39 is 0 Å². The second-order valence-corrected chi connectivity index (χ2v) is 6.11. The molecule has 2 fully saturated rings. The van der Waals surface area contributed by atoms with Gasteiger partial charge in [0.05, 0.1) is 0 Å². The second kappa shape index (κ2) is 6.02. The molecule has 2 heteroatoms. The van der Waals surface area contributed by atoms with Crippen LogP contribution >= 0.6 is 0 Å². The standard InChI is InChI=1S/C14H28N2/c1-12(2)4-3-7-15-8-9-16-11-13-5-6-14(16)10-13/h12-15H,3-11H2,1-2H3. The topological polar surface area (TPSA) is 15.3 Å². The smallest absolute Gasteiger partial charge is 0.0110 e. The summed E-state index contributed by atoms with van der Waals surface area (Å²) in [7, 11) is 0. The SMILES string of the molecule is CC(C)CCCNCCN1CC2CCC1C2. The Morgan fingerprint density at radius 1 is 1.25 bits per heavy atom. The molecular formula is C14H28N2. The predicted molar refractivity (Wildman–Crippen MR) is 69.6 cm³/mol. The summed E-state index contributed by atoms with van der Waals surface area (Å²) in [4.78, 5) is 2.71. The van der Waals surface area contributed by atoms with Gasteiger partial charge in [0, 0.05) is 25.7 Å². The molecule has 2 atom stereocenters. The van der Waals surface area contributed by atoms with E-state index in [4.69, 9.17) is 0 Å². The highest BCUT2D eigenvalue weighted by Crippen LogP contribution is 2.36. The first-order valence-corrected chi connectivity index (χ1v) is 7.20. The van der Waals surface area contributed by atoms with E-state index in [-0.39, 0.29) is 0 Å². The molecule has 0 aromatic rings. The van der Waals surface area contributed by atoms with Crippen LogP contribution in [0.15, 0.2) is 0 Å². The first-order valence-electron chi connectivity index (χ1n) is 7.20. The molecule has 0 radical (unpaired) electrons. The lowest BCUT2D eigenvalue weighted by molar-refractivity contribution is 0.214. The van der Waals surface area contributed by atoms with Gasteiger partial charge in [0.25, 0.3) is 0 Å². The van der Waals surface area contributed by atoms with Crippen molar-refractivity contribution in [2.24, 2.45) is 11.8 Å². The quantitative estimate of drug-likeness (QED) is 0.668. The van der Waals surface area contributed by atoms with Gasteiger partial charge in [-0.3, -0.25) is 4.90 Å². The third kappa shape index (κ3) is 3.46. The van der Waals surface area contributed by atoms with Gasteiger partial charge in [-0.25, -0.2) is 0 Å². The summed E-state index contributed by atoms with van der Waals surface area (Å²) in [6.07, 6.45) is 7.17. The van der Waals surface area contributed by atoms with Gasteiger partial charge in [-0.2, -0.15) is 0 Å². The predicted octanol–water partition coefficient (Wildman–Crippen LogP) is 2.50. The number of rotatable bonds is 7. The summed E-state index contributed by atoms with van der Waals surface area (Å²) >= 11 is 0. The fourth-order valence-corrected chi connectivity index (χ4v) is 3.28. The van der Waals surface area contributed by atoms with E-state index in [2.05, 4.69) is 24.1 Å². The normalized spacial score (nSPS) is 29.4. The molecule has 0 aromatic heterocycles. The average molecular weight is 224 g/mol. The number of fused-ring (bicyclic) bond motifs is 2. The third-order valence-electron chi connectivity index (χ3n) is 4.23. The molecule has 2 bridgehead atoms. The molecule has 2 nitrogen and oxygen atoms in total. The molecule has 1 N–H and O–H groups in total. The Kier molecular flexibility index (Phi) is 4.66. The van der Waals surface area contributed by atoms with Crippen LogP contribution in [0.25, 0.3) is 0 Å². The lowest BCUT2D eigenvalue weighted by Crippen LogP contribution is -2.37. The number of hydrogen-bond acceptors (Lipinski definition) is 2. The highest BCUT2D eigenvalue weighted by molar-refractivity contribution is 4.91. The van der Waals surface area contributed by atoms with Crippen molar-refractivity contribution in [1.29, 1.82) is 0 Å². The maximum absolute atomic E-state index is 3.59. The Balaban J connectivity index is 1.46. The largest absolute Gasteiger partial charge is 0.315 e. The molecule has 1 aliphatic heterocycles. The molecule has 1 aliphatic carbocycles. The van der Waals surface area contributed by atoms with Crippen molar-refractivity contribution < 1.29 is 0 Å². The molecule has 16 heavy (non-hydrogen) atoms. The number of piperidine rings is 1. The maximum Gasteiger partial charge on any atom is 0.0110 e. The van der Waals surface area contributed by atoms with Gasteiger partial charge in [0.15, 0.2) is 0 Å². The first kappa shape index (κ1) is 12.4. The molecule has 2 rings (SSSR count). The zero-order chi connectivity index (χ0) is 11.4. The van der Waals surface area contributed by atoms with Crippen LogP contribution in [0.3, 0.4) is 0 Å². The van der Waals surface area contributed by atoms with Gasteiger partial charge in [-0.1, -0.05) is 13.8 Å². The van der Waals surface area contributed by atoms with E-state index in [0.29, 0.717) is 0 Å². The summed E-state index contributed by atoms with van der Waals surface area (Å²) in [6, 6.07) is 0.947. The third-order valence-corrected chi connectivity index (χ3v) is 4.23. The zero-order valence-electron chi connectivity index (χ0n) is 11.0. The zero-order valence-corrected chi connectivity index (χ0v) is 11.0. The molecule has 0 aromatic carbocycles. The minimum atomic E-state index is 0.858. The molecule has 2 aliphatic rings. The van der Waals surface area contributed by atoms with Crippen LogP contribution in [0.4, 0.5) is 0 Å². The minimum absolute atomic E-state index is 0.858. The monoisotopic (exact) mass is 224 g/mol. The fourth-order valence-electron chi connectivity index (χ4n) is 3.28. The van der Waals surface area contributed by atoms with Crippen molar-refractivity contribution in [3.05, 3.63) is 0 Å². The van der Waals surface area contributed by atoms with E-state index in [0.717, 1.165) is 17.9 Å². The lowest BCUT2D eigenvalue weighted by Gasteiger charge is -2.26. The summed E-state index contributed by atoms with van der Waals surface area (Å²) in [5.41, 5.74) is 0. The molecular weight excluding hydrogens is 196 g/mol. The van der Waals surface area contributed by atoms with E-state index in [9.17, 15) is 0 Å². The van der Waals surface area contributed by atoms with Gasteiger partial charge in [0.2, 0.25) is 0 Å². The fraction of sp³-hybridized carbons (Fsp3) is 1.00. The van der Waals surface area contributed by atoms with Crippen LogP contribution in [0, 0.1) is 11.8 Å². The van der Waals surface area contributed by atoms with Crippen molar-refractivity contribution in [3.63, 3.8) is 0 Å². The van der Waals surface area contributed by atoms with Gasteiger partial charge in [0.1, 0.15) is 0 Å². The van der Waals surface area contributed by atoms with Crippen LogP contribution in [-0.2, 0) is 0 Å². The highest BCUT2D eigenvalue weighted by atomic mass is 15.2. The van der Waals surface area contributed by atoms with Crippen molar-refractivity contribution >= 4 is 0 Å². The van der Waals surface area contributed by atoms with Crippen LogP contribution in [0.2, 0.25) is 0 Å². The molecule has 0 amide bonds. The first-order chi connectivity index (χ1) is 7.75. The van der Waals surface area contributed by atoms with Crippen LogP contribution in [-0.4, -0.2) is 37.1 Å². The van der Waals surface area contributed by atoms with Gasteiger partial charge in [-0.15, -0.1) is 0 Å². The van der Waals surface area contributed by atoms with E-state index in [1.807, 2.05) is 0 Å². The number of nitrogens with zero attached hydrogens (tertiary/aromatic N) is 1. The van der Waals surface area contributed by atoms with Crippen molar-refractivity contribution in [2.75, 3.05) is 26.2 Å².